The van der Waals surface area contributed by atoms with Crippen LogP contribution in [0.15, 0.2) is 66.7 Å². The van der Waals surface area contributed by atoms with Crippen molar-refractivity contribution in [1.82, 2.24) is 15.5 Å². The van der Waals surface area contributed by atoms with Gasteiger partial charge in [-0.3, -0.25) is 19.3 Å². The molecule has 3 aromatic carbocycles. The van der Waals surface area contributed by atoms with Crippen LogP contribution < -0.4 is 16.4 Å². The highest BCUT2D eigenvalue weighted by Crippen LogP contribution is 2.21. The SMILES string of the molecule is NCC(O)CNC(=O)[C@@H](Cc1ccc2ccccc2c1)N(C(=O)c1ccc(F)cc1)C(=O)[C@@H]1CCCN1. The third kappa shape index (κ3) is 6.37. The number of fused-ring (bicyclic) bond motifs is 1. The van der Waals surface area contributed by atoms with E-state index in [4.69, 9.17) is 5.73 Å². The molecule has 1 aliphatic heterocycles. The van der Waals surface area contributed by atoms with Crippen molar-refractivity contribution >= 4 is 28.5 Å². The zero-order chi connectivity index (χ0) is 26.4. The van der Waals surface area contributed by atoms with Crippen LogP contribution in [0.4, 0.5) is 4.39 Å². The number of benzene rings is 3. The third-order valence-electron chi connectivity index (χ3n) is 6.55. The molecular weight excluding hydrogens is 475 g/mol. The molecule has 0 spiro atoms. The van der Waals surface area contributed by atoms with Crippen LogP contribution >= 0.6 is 0 Å². The largest absolute Gasteiger partial charge is 0.390 e. The van der Waals surface area contributed by atoms with E-state index in [0.717, 1.165) is 39.8 Å². The lowest BCUT2D eigenvalue weighted by Crippen LogP contribution is -2.57. The molecule has 194 valence electrons. The highest BCUT2D eigenvalue weighted by Gasteiger charge is 2.39. The van der Waals surface area contributed by atoms with Gasteiger partial charge in [-0.2, -0.15) is 0 Å². The molecule has 8 nitrogen and oxygen atoms in total. The van der Waals surface area contributed by atoms with Crippen molar-refractivity contribution in [3.8, 4) is 0 Å². The van der Waals surface area contributed by atoms with E-state index >= 15 is 0 Å². The fourth-order valence-electron chi connectivity index (χ4n) is 4.50. The molecule has 1 unspecified atom stereocenters. The molecule has 0 aromatic heterocycles. The first-order valence-corrected chi connectivity index (χ1v) is 12.4. The Hall–Kier alpha value is -3.66. The van der Waals surface area contributed by atoms with E-state index in [0.29, 0.717) is 13.0 Å². The quantitative estimate of drug-likeness (QED) is 0.328. The molecule has 0 saturated carbocycles. The molecule has 1 saturated heterocycles. The van der Waals surface area contributed by atoms with Gasteiger partial charge in [0.25, 0.3) is 5.91 Å². The van der Waals surface area contributed by atoms with E-state index in [2.05, 4.69) is 10.6 Å². The molecule has 1 fully saturated rings. The predicted molar refractivity (Wildman–Crippen MR) is 138 cm³/mol. The molecular formula is C28H31FN4O4. The molecule has 3 aromatic rings. The van der Waals surface area contributed by atoms with Crippen LogP contribution in [0, 0.1) is 5.82 Å². The number of hydrogen-bond donors (Lipinski definition) is 4. The van der Waals surface area contributed by atoms with Crippen LogP contribution in [0.3, 0.4) is 0 Å². The number of hydrogen-bond acceptors (Lipinski definition) is 6. The van der Waals surface area contributed by atoms with E-state index in [9.17, 15) is 23.9 Å². The second-order valence-corrected chi connectivity index (χ2v) is 9.21. The average molecular weight is 507 g/mol. The lowest BCUT2D eigenvalue weighted by Gasteiger charge is -2.32. The second kappa shape index (κ2) is 12.1. The Morgan fingerprint density at radius 2 is 1.81 bits per heavy atom. The van der Waals surface area contributed by atoms with Crippen LogP contribution in [-0.2, 0) is 16.0 Å². The van der Waals surface area contributed by atoms with Gasteiger partial charge in [0.05, 0.1) is 12.1 Å². The van der Waals surface area contributed by atoms with Crippen LogP contribution in [0.1, 0.15) is 28.8 Å². The van der Waals surface area contributed by atoms with Crippen LogP contribution in [0.2, 0.25) is 0 Å². The number of nitrogens with zero attached hydrogens (tertiary/aromatic N) is 1. The van der Waals surface area contributed by atoms with Gasteiger partial charge in [0.1, 0.15) is 11.9 Å². The van der Waals surface area contributed by atoms with Gasteiger partial charge in [0, 0.05) is 25.1 Å². The summed E-state index contributed by atoms with van der Waals surface area (Å²) in [5.41, 5.74) is 6.32. The Kier molecular flexibility index (Phi) is 8.60. The fourth-order valence-corrected chi connectivity index (χ4v) is 4.50. The summed E-state index contributed by atoms with van der Waals surface area (Å²) in [5, 5.41) is 17.6. The number of carbonyl (C=O) groups excluding carboxylic acids is 3. The monoisotopic (exact) mass is 506 g/mol. The summed E-state index contributed by atoms with van der Waals surface area (Å²) >= 11 is 0. The van der Waals surface area contributed by atoms with Crippen molar-refractivity contribution < 1.29 is 23.9 Å². The zero-order valence-electron chi connectivity index (χ0n) is 20.4. The highest BCUT2D eigenvalue weighted by molar-refractivity contribution is 6.09. The number of aliphatic hydroxyl groups excluding tert-OH is 1. The third-order valence-corrected chi connectivity index (χ3v) is 6.55. The lowest BCUT2D eigenvalue weighted by atomic mass is 9.98. The minimum absolute atomic E-state index is 0.0563. The molecule has 9 heteroatoms. The van der Waals surface area contributed by atoms with Gasteiger partial charge in [-0.05, 0) is 60.0 Å². The van der Waals surface area contributed by atoms with Crippen molar-refractivity contribution in [2.45, 2.75) is 37.5 Å². The number of halogens is 1. The molecule has 0 aliphatic carbocycles. The first kappa shape index (κ1) is 26.4. The van der Waals surface area contributed by atoms with Gasteiger partial charge in [0.15, 0.2) is 0 Å². The molecule has 1 aliphatic rings. The zero-order valence-corrected chi connectivity index (χ0v) is 20.4. The molecule has 0 radical (unpaired) electrons. The van der Waals surface area contributed by atoms with Crippen molar-refractivity contribution in [3.63, 3.8) is 0 Å². The van der Waals surface area contributed by atoms with Crippen molar-refractivity contribution in [2.75, 3.05) is 19.6 Å². The summed E-state index contributed by atoms with van der Waals surface area (Å²) in [6, 6.07) is 16.5. The minimum Gasteiger partial charge on any atom is -0.390 e. The summed E-state index contributed by atoms with van der Waals surface area (Å²) in [5.74, 6) is -2.33. The molecule has 3 amide bonds. The minimum atomic E-state index is -1.21. The predicted octanol–water partition coefficient (Wildman–Crippen LogP) is 1.75. The first-order valence-electron chi connectivity index (χ1n) is 12.4. The number of rotatable bonds is 9. The van der Waals surface area contributed by atoms with Crippen LogP contribution in [-0.4, -0.2) is 65.5 Å². The van der Waals surface area contributed by atoms with E-state index in [-0.39, 0.29) is 25.1 Å². The van der Waals surface area contributed by atoms with E-state index < -0.39 is 41.7 Å². The number of imide groups is 1. The van der Waals surface area contributed by atoms with Gasteiger partial charge < -0.3 is 21.5 Å². The molecule has 37 heavy (non-hydrogen) atoms. The van der Waals surface area contributed by atoms with Gasteiger partial charge in [-0.25, -0.2) is 4.39 Å². The molecule has 1 heterocycles. The van der Waals surface area contributed by atoms with E-state index in [1.54, 1.807) is 0 Å². The number of amides is 3. The van der Waals surface area contributed by atoms with Crippen molar-refractivity contribution in [1.29, 1.82) is 0 Å². The molecule has 5 N–H and O–H groups in total. The van der Waals surface area contributed by atoms with Crippen molar-refractivity contribution in [3.05, 3.63) is 83.7 Å². The van der Waals surface area contributed by atoms with E-state index in [1.165, 1.54) is 12.1 Å². The first-order chi connectivity index (χ1) is 17.9. The van der Waals surface area contributed by atoms with Crippen LogP contribution in [0.5, 0.6) is 0 Å². The highest BCUT2D eigenvalue weighted by atomic mass is 19.1. The topological polar surface area (TPSA) is 125 Å². The molecule has 3 atom stereocenters. The maximum atomic E-state index is 13.7. The summed E-state index contributed by atoms with van der Waals surface area (Å²) < 4.78 is 13.6. The smallest absolute Gasteiger partial charge is 0.261 e. The number of nitrogens with one attached hydrogen (secondary N) is 2. The summed E-state index contributed by atoms with van der Waals surface area (Å²) in [7, 11) is 0. The van der Waals surface area contributed by atoms with E-state index in [1.807, 2.05) is 42.5 Å². The normalized spacial score (nSPS) is 16.8. The number of carbonyl (C=O) groups is 3. The Morgan fingerprint density at radius 1 is 1.08 bits per heavy atom. The molecule has 0 bridgehead atoms. The van der Waals surface area contributed by atoms with Gasteiger partial charge in [-0.15, -0.1) is 0 Å². The number of aliphatic hydroxyl groups is 1. The summed E-state index contributed by atoms with van der Waals surface area (Å²) in [6.07, 6.45) is 0.376. The second-order valence-electron chi connectivity index (χ2n) is 9.21. The maximum absolute atomic E-state index is 13.7. The Balaban J connectivity index is 1.73. The van der Waals surface area contributed by atoms with Gasteiger partial charge in [0.2, 0.25) is 11.8 Å². The number of nitrogens with two attached hydrogens (primary N) is 1. The average Bonchev–Trinajstić information content (AvgIpc) is 3.46. The lowest BCUT2D eigenvalue weighted by molar-refractivity contribution is -0.139. The van der Waals surface area contributed by atoms with Gasteiger partial charge in [-0.1, -0.05) is 42.5 Å². The maximum Gasteiger partial charge on any atom is 0.261 e. The standard InChI is InChI=1S/C28H31FN4O4/c29-22-11-9-20(10-12-22)27(36)33(28(37)24-6-3-13-31-24)25(26(35)32-17-23(34)16-30)15-18-7-8-19-4-1-2-5-21(19)14-18/h1-2,4-5,7-12,14,23-25,31,34H,3,6,13,15-17,30H2,(H,32,35)/t23?,24-,25+/m0/s1. The van der Waals surface area contributed by atoms with Crippen molar-refractivity contribution in [2.24, 2.45) is 5.73 Å². The Bertz CT molecular complexity index is 1260. The Labute approximate surface area is 214 Å². The summed E-state index contributed by atoms with van der Waals surface area (Å²) in [6.45, 7) is 0.440. The fraction of sp³-hybridized carbons (Fsp3) is 0.321. The molecule has 4 rings (SSSR count). The van der Waals surface area contributed by atoms with Gasteiger partial charge >= 0.3 is 0 Å². The Morgan fingerprint density at radius 3 is 2.49 bits per heavy atom. The van der Waals surface area contributed by atoms with Crippen LogP contribution in [0.25, 0.3) is 10.8 Å². The summed E-state index contributed by atoms with van der Waals surface area (Å²) in [4.78, 5) is 41.9.